The van der Waals surface area contributed by atoms with Crippen molar-refractivity contribution < 1.29 is 5.11 Å². The first kappa shape index (κ1) is 10.5. The van der Waals surface area contributed by atoms with Gasteiger partial charge in [0.1, 0.15) is 0 Å². The van der Waals surface area contributed by atoms with Crippen molar-refractivity contribution in [2.45, 2.75) is 44.9 Å². The van der Waals surface area contributed by atoms with Crippen molar-refractivity contribution in [3.8, 4) is 0 Å². The third-order valence-electron chi connectivity index (χ3n) is 2.86. The van der Waals surface area contributed by atoms with Gasteiger partial charge in [0.25, 0.3) is 0 Å². The van der Waals surface area contributed by atoms with Crippen LogP contribution in [-0.2, 0) is 6.54 Å². The van der Waals surface area contributed by atoms with Gasteiger partial charge in [0.15, 0.2) is 0 Å². The molecule has 1 aliphatic rings. The summed E-state index contributed by atoms with van der Waals surface area (Å²) in [4.78, 5) is 8.44. The first-order valence-corrected chi connectivity index (χ1v) is 5.44. The lowest BCUT2D eigenvalue weighted by Crippen LogP contribution is -2.35. The maximum Gasteiger partial charge on any atom is 0.0724 e. The molecule has 0 bridgehead atoms. The van der Waals surface area contributed by atoms with Gasteiger partial charge in [-0.05, 0) is 26.2 Å². The van der Waals surface area contributed by atoms with Gasteiger partial charge in [-0.25, -0.2) is 0 Å². The summed E-state index contributed by atoms with van der Waals surface area (Å²) in [7, 11) is 0. The van der Waals surface area contributed by atoms with Crippen LogP contribution in [0.25, 0.3) is 0 Å². The highest BCUT2D eigenvalue weighted by Gasteiger charge is 2.24. The highest BCUT2D eigenvalue weighted by molar-refractivity contribution is 5.00. The molecule has 0 saturated heterocycles. The van der Waals surface area contributed by atoms with Gasteiger partial charge in [0.2, 0.25) is 0 Å². The Morgan fingerprint density at radius 3 is 2.87 bits per heavy atom. The average molecular weight is 207 g/mol. The zero-order chi connectivity index (χ0) is 10.7. The van der Waals surface area contributed by atoms with E-state index >= 15 is 0 Å². The lowest BCUT2D eigenvalue weighted by Gasteiger charge is -2.15. The molecule has 0 aromatic carbocycles. The molecule has 0 aliphatic heterocycles. The Bertz CT molecular complexity index is 312. The van der Waals surface area contributed by atoms with E-state index in [4.69, 9.17) is 0 Å². The fourth-order valence-electron chi connectivity index (χ4n) is 1.92. The first-order valence-electron chi connectivity index (χ1n) is 5.44. The molecule has 0 amide bonds. The van der Waals surface area contributed by atoms with E-state index in [0.29, 0.717) is 6.54 Å². The highest BCUT2D eigenvalue weighted by Crippen LogP contribution is 2.18. The van der Waals surface area contributed by atoms with Gasteiger partial charge in [-0.3, -0.25) is 9.97 Å². The normalized spacial score (nSPS) is 25.7. The van der Waals surface area contributed by atoms with Gasteiger partial charge in [-0.2, -0.15) is 0 Å². The third kappa shape index (κ3) is 2.73. The van der Waals surface area contributed by atoms with Crippen LogP contribution in [0.3, 0.4) is 0 Å². The number of aliphatic hydroxyl groups excluding tert-OH is 1. The van der Waals surface area contributed by atoms with Crippen LogP contribution in [0.15, 0.2) is 12.4 Å². The Hall–Kier alpha value is -1.00. The number of nitrogens with one attached hydrogen (secondary N) is 1. The molecular weight excluding hydrogens is 190 g/mol. The molecule has 1 aliphatic carbocycles. The summed E-state index contributed by atoms with van der Waals surface area (Å²) in [5.41, 5.74) is 1.86. The van der Waals surface area contributed by atoms with Crippen LogP contribution in [0.1, 0.15) is 30.7 Å². The van der Waals surface area contributed by atoms with Crippen molar-refractivity contribution in [3.05, 3.63) is 23.8 Å². The topological polar surface area (TPSA) is 58.0 Å². The number of aryl methyl sites for hydroxylation is 1. The first-order chi connectivity index (χ1) is 7.25. The fourth-order valence-corrected chi connectivity index (χ4v) is 1.92. The Morgan fingerprint density at radius 1 is 1.40 bits per heavy atom. The molecule has 1 fully saturated rings. The van der Waals surface area contributed by atoms with E-state index in [9.17, 15) is 5.11 Å². The maximum atomic E-state index is 9.61. The van der Waals surface area contributed by atoms with Gasteiger partial charge in [0.05, 0.1) is 17.5 Å². The second kappa shape index (κ2) is 4.68. The van der Waals surface area contributed by atoms with Crippen LogP contribution in [0.2, 0.25) is 0 Å². The van der Waals surface area contributed by atoms with E-state index in [2.05, 4.69) is 15.3 Å². The zero-order valence-electron chi connectivity index (χ0n) is 8.98. The molecule has 0 radical (unpaired) electrons. The smallest absolute Gasteiger partial charge is 0.0724 e. The minimum Gasteiger partial charge on any atom is -0.392 e. The largest absolute Gasteiger partial charge is 0.392 e. The number of hydrogen-bond donors (Lipinski definition) is 2. The number of rotatable bonds is 3. The van der Waals surface area contributed by atoms with E-state index in [0.717, 1.165) is 30.7 Å². The monoisotopic (exact) mass is 207 g/mol. The molecular formula is C11H17N3O. The van der Waals surface area contributed by atoms with E-state index in [1.165, 1.54) is 0 Å². The predicted octanol–water partition coefficient (Wildman–Crippen LogP) is 0.788. The van der Waals surface area contributed by atoms with E-state index in [1.54, 1.807) is 12.4 Å². The number of aliphatic hydroxyl groups is 1. The highest BCUT2D eigenvalue weighted by atomic mass is 16.3. The van der Waals surface area contributed by atoms with Crippen LogP contribution >= 0.6 is 0 Å². The lowest BCUT2D eigenvalue weighted by atomic mass is 10.2. The molecule has 1 aromatic rings. The van der Waals surface area contributed by atoms with Crippen molar-refractivity contribution in [1.82, 2.24) is 15.3 Å². The molecule has 1 aromatic heterocycles. The number of hydrogen-bond acceptors (Lipinski definition) is 4. The third-order valence-corrected chi connectivity index (χ3v) is 2.86. The number of aromatic nitrogens is 2. The molecule has 2 unspecified atom stereocenters. The van der Waals surface area contributed by atoms with Crippen LogP contribution in [0.4, 0.5) is 0 Å². The Kier molecular flexibility index (Phi) is 3.28. The quantitative estimate of drug-likeness (QED) is 0.769. The van der Waals surface area contributed by atoms with Crippen LogP contribution in [0.5, 0.6) is 0 Å². The lowest BCUT2D eigenvalue weighted by molar-refractivity contribution is 0.148. The summed E-state index contributed by atoms with van der Waals surface area (Å²) in [6.45, 7) is 2.61. The van der Waals surface area contributed by atoms with E-state index < -0.39 is 0 Å². The Balaban J connectivity index is 1.85. The van der Waals surface area contributed by atoms with Crippen LogP contribution in [-0.4, -0.2) is 27.2 Å². The minimum atomic E-state index is -0.191. The second-order valence-electron chi connectivity index (χ2n) is 4.13. The van der Waals surface area contributed by atoms with Crippen molar-refractivity contribution in [2.75, 3.05) is 0 Å². The molecule has 2 N–H and O–H groups in total. The molecule has 82 valence electrons. The molecule has 4 nitrogen and oxygen atoms in total. The SMILES string of the molecule is Cc1cnc(CNC2CCCC2O)cn1. The summed E-state index contributed by atoms with van der Waals surface area (Å²) in [5, 5.41) is 12.9. The molecule has 1 heterocycles. The van der Waals surface area contributed by atoms with Crippen molar-refractivity contribution in [1.29, 1.82) is 0 Å². The van der Waals surface area contributed by atoms with Crippen molar-refractivity contribution in [3.63, 3.8) is 0 Å². The van der Waals surface area contributed by atoms with Gasteiger partial charge in [-0.15, -0.1) is 0 Å². The van der Waals surface area contributed by atoms with Crippen LogP contribution in [0, 0.1) is 6.92 Å². The molecule has 2 atom stereocenters. The summed E-state index contributed by atoms with van der Waals surface area (Å²) >= 11 is 0. The average Bonchev–Trinajstić information content (AvgIpc) is 2.63. The molecule has 15 heavy (non-hydrogen) atoms. The zero-order valence-corrected chi connectivity index (χ0v) is 8.98. The van der Waals surface area contributed by atoms with Crippen molar-refractivity contribution >= 4 is 0 Å². The summed E-state index contributed by atoms with van der Waals surface area (Å²) in [6.07, 6.45) is 6.44. The summed E-state index contributed by atoms with van der Waals surface area (Å²) in [5.74, 6) is 0. The van der Waals surface area contributed by atoms with Gasteiger partial charge in [-0.1, -0.05) is 0 Å². The van der Waals surface area contributed by atoms with E-state index in [-0.39, 0.29) is 12.1 Å². The maximum absolute atomic E-state index is 9.61. The molecule has 0 spiro atoms. The Labute approximate surface area is 89.8 Å². The Morgan fingerprint density at radius 2 is 2.27 bits per heavy atom. The van der Waals surface area contributed by atoms with Crippen LogP contribution < -0.4 is 5.32 Å². The van der Waals surface area contributed by atoms with E-state index in [1.807, 2.05) is 6.92 Å². The fraction of sp³-hybridized carbons (Fsp3) is 0.636. The van der Waals surface area contributed by atoms with Gasteiger partial charge in [0, 0.05) is 25.0 Å². The standard InChI is InChI=1S/C11H17N3O/c1-8-5-13-9(6-12-8)7-14-10-3-2-4-11(10)15/h5-6,10-11,14-15H,2-4,7H2,1H3. The van der Waals surface area contributed by atoms with Gasteiger partial charge < -0.3 is 10.4 Å². The second-order valence-corrected chi connectivity index (χ2v) is 4.13. The minimum absolute atomic E-state index is 0.191. The predicted molar refractivity (Wildman–Crippen MR) is 57.3 cm³/mol. The number of nitrogens with zero attached hydrogens (tertiary/aromatic N) is 2. The summed E-state index contributed by atoms with van der Waals surface area (Å²) in [6, 6.07) is 0.230. The molecule has 4 heteroatoms. The molecule has 2 rings (SSSR count). The molecule has 1 saturated carbocycles. The summed E-state index contributed by atoms with van der Waals surface area (Å²) < 4.78 is 0. The van der Waals surface area contributed by atoms with Gasteiger partial charge >= 0.3 is 0 Å². The van der Waals surface area contributed by atoms with Crippen molar-refractivity contribution in [2.24, 2.45) is 0 Å².